The summed E-state index contributed by atoms with van der Waals surface area (Å²) in [4.78, 5) is 29.7. The normalized spacial score (nSPS) is 22.5. The number of nitrogens with one attached hydrogen (secondary N) is 1. The van der Waals surface area contributed by atoms with Gasteiger partial charge in [-0.05, 0) is 50.2 Å². The molecule has 0 bridgehead atoms. The van der Waals surface area contributed by atoms with E-state index >= 15 is 0 Å². The Hall–Kier alpha value is -2.97. The van der Waals surface area contributed by atoms with Crippen molar-refractivity contribution in [2.24, 2.45) is 5.92 Å². The first kappa shape index (κ1) is 24.7. The van der Waals surface area contributed by atoms with Gasteiger partial charge in [-0.15, -0.1) is 0 Å². The summed E-state index contributed by atoms with van der Waals surface area (Å²) in [5.74, 6) is -0.825. The van der Waals surface area contributed by atoms with E-state index in [9.17, 15) is 14.0 Å². The Morgan fingerprint density at radius 1 is 1.15 bits per heavy atom. The minimum atomic E-state index is -0.613. The van der Waals surface area contributed by atoms with Gasteiger partial charge in [0.25, 0.3) is 11.8 Å². The molecule has 0 aromatic heterocycles. The number of halogens is 1. The summed E-state index contributed by atoms with van der Waals surface area (Å²) >= 11 is 0. The molecule has 2 aromatic rings. The van der Waals surface area contributed by atoms with E-state index < -0.39 is 11.7 Å². The average molecular weight is 458 g/mol. The summed E-state index contributed by atoms with van der Waals surface area (Å²) in [6.07, 6.45) is -0.138. The monoisotopic (exact) mass is 457 g/mol. The highest BCUT2D eigenvalue weighted by molar-refractivity contribution is 6.05. The van der Waals surface area contributed by atoms with Crippen molar-refractivity contribution in [1.82, 2.24) is 9.80 Å². The molecule has 1 aliphatic rings. The van der Waals surface area contributed by atoms with Crippen LogP contribution in [0.25, 0.3) is 0 Å². The van der Waals surface area contributed by atoms with Crippen LogP contribution >= 0.6 is 0 Å². The lowest BCUT2D eigenvalue weighted by molar-refractivity contribution is 0.0150. The zero-order chi connectivity index (χ0) is 24.1. The third-order valence-corrected chi connectivity index (χ3v) is 6.13. The summed E-state index contributed by atoms with van der Waals surface area (Å²) in [6.45, 7) is 5.78. The number of nitrogens with zero attached hydrogens (tertiary/aromatic N) is 2. The van der Waals surface area contributed by atoms with Crippen LogP contribution in [0.4, 0.5) is 10.1 Å². The van der Waals surface area contributed by atoms with E-state index in [4.69, 9.17) is 9.47 Å². The topological polar surface area (TPSA) is 71.1 Å². The van der Waals surface area contributed by atoms with Gasteiger partial charge in [0.15, 0.2) is 0 Å². The number of hydrogen-bond donors (Lipinski definition) is 1. The number of hydrogen-bond acceptors (Lipinski definition) is 5. The maximum Gasteiger partial charge on any atom is 0.258 e. The molecule has 0 spiro atoms. The van der Waals surface area contributed by atoms with Crippen LogP contribution in [0, 0.1) is 11.7 Å². The van der Waals surface area contributed by atoms with E-state index in [1.165, 1.54) is 18.2 Å². The first-order valence-corrected chi connectivity index (χ1v) is 11.0. The molecular weight excluding hydrogens is 425 g/mol. The number of carbonyl (C=O) groups excluding carboxylic acids is 2. The number of benzene rings is 2. The zero-order valence-electron chi connectivity index (χ0n) is 19.8. The van der Waals surface area contributed by atoms with Crippen molar-refractivity contribution in [2.45, 2.75) is 26.0 Å². The average Bonchev–Trinajstić information content (AvgIpc) is 2.80. The van der Waals surface area contributed by atoms with Gasteiger partial charge in [0.05, 0.1) is 17.2 Å². The first-order chi connectivity index (χ1) is 15.7. The van der Waals surface area contributed by atoms with E-state index in [-0.39, 0.29) is 29.5 Å². The number of methoxy groups -OCH3 is 1. The standard InChI is InChI=1S/C25H32FN3O4/c1-16-13-28(3)17(2)15-33-22-11-10-18(27-24(30)19-8-6-7-9-21(19)26)12-20(22)25(31)29(4)14-23(16)32-5/h6-12,16-17,23H,13-15H2,1-5H3,(H,27,30)/t16-,17+,23+/m1/s1. The van der Waals surface area contributed by atoms with E-state index in [1.807, 2.05) is 7.05 Å². The number of carbonyl (C=O) groups is 2. The van der Waals surface area contributed by atoms with Crippen molar-refractivity contribution >= 4 is 17.5 Å². The molecule has 0 fully saturated rings. The van der Waals surface area contributed by atoms with Crippen LogP contribution in [0.15, 0.2) is 42.5 Å². The number of amides is 2. The summed E-state index contributed by atoms with van der Waals surface area (Å²) in [7, 11) is 5.41. The Morgan fingerprint density at radius 3 is 2.58 bits per heavy atom. The van der Waals surface area contributed by atoms with Gasteiger partial charge in [0.2, 0.25) is 0 Å². The Morgan fingerprint density at radius 2 is 1.88 bits per heavy atom. The predicted molar refractivity (Wildman–Crippen MR) is 125 cm³/mol. The molecule has 0 saturated heterocycles. The van der Waals surface area contributed by atoms with Gasteiger partial charge in [0.1, 0.15) is 18.2 Å². The lowest BCUT2D eigenvalue weighted by atomic mass is 10.0. The van der Waals surface area contributed by atoms with Gasteiger partial charge in [-0.1, -0.05) is 19.1 Å². The quantitative estimate of drug-likeness (QED) is 0.764. The van der Waals surface area contributed by atoms with E-state index in [2.05, 4.69) is 24.1 Å². The molecule has 0 radical (unpaired) electrons. The Labute approximate surface area is 194 Å². The molecule has 0 aliphatic carbocycles. The van der Waals surface area contributed by atoms with Crippen LogP contribution in [0.2, 0.25) is 0 Å². The van der Waals surface area contributed by atoms with Gasteiger partial charge in [-0.3, -0.25) is 14.5 Å². The Bertz CT molecular complexity index is 999. The summed E-state index contributed by atoms with van der Waals surface area (Å²) < 4.78 is 25.7. The van der Waals surface area contributed by atoms with Gasteiger partial charge in [-0.25, -0.2) is 4.39 Å². The molecule has 7 nitrogen and oxygen atoms in total. The van der Waals surface area contributed by atoms with Crippen LogP contribution in [-0.2, 0) is 4.74 Å². The molecule has 178 valence electrons. The fraction of sp³-hybridized carbons (Fsp3) is 0.440. The van der Waals surface area contributed by atoms with E-state index in [0.29, 0.717) is 30.2 Å². The SMILES string of the molecule is CO[C@H]1CN(C)C(=O)c2cc(NC(=O)c3ccccc3F)ccc2OC[C@H](C)N(C)C[C@H]1C. The zero-order valence-corrected chi connectivity index (χ0v) is 19.8. The molecular formula is C25H32FN3O4. The molecule has 0 saturated carbocycles. The second-order valence-corrected chi connectivity index (χ2v) is 8.68. The molecule has 2 amide bonds. The smallest absolute Gasteiger partial charge is 0.258 e. The number of anilines is 1. The predicted octanol–water partition coefficient (Wildman–Crippen LogP) is 3.51. The van der Waals surface area contributed by atoms with Gasteiger partial charge in [-0.2, -0.15) is 0 Å². The third kappa shape index (κ3) is 5.89. The van der Waals surface area contributed by atoms with Gasteiger partial charge < -0.3 is 19.7 Å². The highest BCUT2D eigenvalue weighted by Crippen LogP contribution is 2.26. The summed E-state index contributed by atoms with van der Waals surface area (Å²) in [5.41, 5.74) is 0.627. The second-order valence-electron chi connectivity index (χ2n) is 8.68. The van der Waals surface area contributed by atoms with Gasteiger partial charge >= 0.3 is 0 Å². The van der Waals surface area contributed by atoms with Crippen molar-refractivity contribution in [1.29, 1.82) is 0 Å². The molecule has 1 aliphatic heterocycles. The number of fused-ring (bicyclic) bond motifs is 1. The fourth-order valence-electron chi connectivity index (χ4n) is 3.88. The number of ether oxygens (including phenoxy) is 2. The fourth-order valence-corrected chi connectivity index (χ4v) is 3.88. The van der Waals surface area contributed by atoms with Crippen LogP contribution in [0.1, 0.15) is 34.6 Å². The summed E-state index contributed by atoms with van der Waals surface area (Å²) in [6, 6.07) is 10.7. The van der Waals surface area contributed by atoms with E-state index in [1.54, 1.807) is 43.3 Å². The minimum absolute atomic E-state index is 0.0706. The lowest BCUT2D eigenvalue weighted by Crippen LogP contribution is -2.45. The molecule has 0 unspecified atom stereocenters. The number of rotatable bonds is 3. The van der Waals surface area contributed by atoms with Crippen molar-refractivity contribution in [2.75, 3.05) is 46.2 Å². The van der Waals surface area contributed by atoms with Crippen LogP contribution in [-0.4, -0.2) is 74.7 Å². The summed E-state index contributed by atoms with van der Waals surface area (Å²) in [5, 5.41) is 2.68. The van der Waals surface area contributed by atoms with Crippen molar-refractivity contribution < 1.29 is 23.5 Å². The van der Waals surface area contributed by atoms with Crippen LogP contribution < -0.4 is 10.1 Å². The number of likely N-dealkylation sites (N-methyl/N-ethyl adjacent to an activating group) is 2. The first-order valence-electron chi connectivity index (χ1n) is 11.0. The second kappa shape index (κ2) is 10.8. The lowest BCUT2D eigenvalue weighted by Gasteiger charge is -2.34. The maximum atomic E-state index is 14.0. The van der Waals surface area contributed by atoms with Crippen LogP contribution in [0.3, 0.4) is 0 Å². The largest absolute Gasteiger partial charge is 0.491 e. The Balaban J connectivity index is 1.92. The van der Waals surface area contributed by atoms with E-state index in [0.717, 1.165) is 6.54 Å². The van der Waals surface area contributed by atoms with Crippen molar-refractivity contribution in [3.05, 3.63) is 59.4 Å². The van der Waals surface area contributed by atoms with Crippen molar-refractivity contribution in [3.63, 3.8) is 0 Å². The maximum absolute atomic E-state index is 14.0. The highest BCUT2D eigenvalue weighted by atomic mass is 19.1. The molecule has 33 heavy (non-hydrogen) atoms. The molecule has 3 atom stereocenters. The van der Waals surface area contributed by atoms with Crippen LogP contribution in [0.5, 0.6) is 5.75 Å². The minimum Gasteiger partial charge on any atom is -0.491 e. The van der Waals surface area contributed by atoms with Gasteiger partial charge in [0, 0.05) is 39.0 Å². The molecule has 8 heteroatoms. The molecule has 1 heterocycles. The Kier molecular flexibility index (Phi) is 8.05. The molecule has 3 rings (SSSR count). The molecule has 1 N–H and O–H groups in total. The molecule has 2 aromatic carbocycles. The van der Waals surface area contributed by atoms with Crippen molar-refractivity contribution in [3.8, 4) is 5.75 Å². The highest BCUT2D eigenvalue weighted by Gasteiger charge is 2.27. The third-order valence-electron chi connectivity index (χ3n) is 6.13.